The van der Waals surface area contributed by atoms with Gasteiger partial charge in [-0.2, -0.15) is 0 Å². The summed E-state index contributed by atoms with van der Waals surface area (Å²) in [5.41, 5.74) is 2.59. The average Bonchev–Trinajstić information content (AvgIpc) is 2.43. The Bertz CT molecular complexity index is 582. The van der Waals surface area contributed by atoms with Gasteiger partial charge in [0.25, 0.3) is 0 Å². The van der Waals surface area contributed by atoms with Crippen molar-refractivity contribution in [3.05, 3.63) is 53.9 Å². The zero-order valence-corrected chi connectivity index (χ0v) is 11.5. The van der Waals surface area contributed by atoms with Crippen molar-refractivity contribution in [1.82, 2.24) is 4.98 Å². The monoisotopic (exact) mass is 270 g/mol. The number of benzene rings is 1. The van der Waals surface area contributed by atoms with E-state index in [0.717, 1.165) is 29.8 Å². The second-order valence-electron chi connectivity index (χ2n) is 4.72. The van der Waals surface area contributed by atoms with E-state index in [-0.39, 0.29) is 11.7 Å². The lowest BCUT2D eigenvalue weighted by atomic mass is 10.1. The van der Waals surface area contributed by atoms with Gasteiger partial charge < -0.3 is 10.4 Å². The van der Waals surface area contributed by atoms with E-state index in [1.807, 2.05) is 25.1 Å². The molecule has 0 aliphatic rings. The van der Waals surface area contributed by atoms with Gasteiger partial charge in [0.15, 0.2) is 0 Å². The molecular formula is C16H18N2O2. The first-order chi connectivity index (χ1) is 9.65. The number of anilines is 1. The molecule has 20 heavy (non-hydrogen) atoms. The molecule has 1 heterocycles. The molecule has 0 unspecified atom stereocenters. The topological polar surface area (TPSA) is 62.2 Å². The van der Waals surface area contributed by atoms with Crippen molar-refractivity contribution >= 4 is 11.6 Å². The summed E-state index contributed by atoms with van der Waals surface area (Å²) >= 11 is 0. The zero-order chi connectivity index (χ0) is 14.4. The average molecular weight is 270 g/mol. The van der Waals surface area contributed by atoms with Crippen LogP contribution in [0.5, 0.6) is 5.75 Å². The number of phenols is 1. The van der Waals surface area contributed by atoms with Crippen molar-refractivity contribution in [2.24, 2.45) is 0 Å². The molecule has 0 spiro atoms. The van der Waals surface area contributed by atoms with Crippen LogP contribution in [-0.2, 0) is 11.2 Å². The molecule has 2 N–H and O–H groups in total. The fraction of sp³-hybridized carbons (Fsp3) is 0.250. The van der Waals surface area contributed by atoms with Crippen LogP contribution in [0.25, 0.3) is 0 Å². The molecule has 0 saturated carbocycles. The van der Waals surface area contributed by atoms with E-state index in [1.54, 1.807) is 24.4 Å². The Hall–Kier alpha value is -2.36. The standard InChI is InChI=1S/C16H18N2O2/c1-12-11-14(19)8-9-15(12)18-16(20)7-4-6-13-5-2-3-10-17-13/h2-3,5,8-11,19H,4,6-7H2,1H3,(H,18,20). The minimum atomic E-state index is -0.0188. The van der Waals surface area contributed by atoms with Crippen LogP contribution in [0, 0.1) is 6.92 Å². The second kappa shape index (κ2) is 6.70. The first-order valence-corrected chi connectivity index (χ1v) is 6.64. The Kier molecular flexibility index (Phi) is 4.71. The zero-order valence-electron chi connectivity index (χ0n) is 11.5. The molecule has 0 radical (unpaired) electrons. The van der Waals surface area contributed by atoms with Crippen LogP contribution in [0.1, 0.15) is 24.1 Å². The van der Waals surface area contributed by atoms with Crippen molar-refractivity contribution in [1.29, 1.82) is 0 Å². The Balaban J connectivity index is 1.81. The highest BCUT2D eigenvalue weighted by Crippen LogP contribution is 2.20. The highest BCUT2D eigenvalue weighted by molar-refractivity contribution is 5.91. The van der Waals surface area contributed by atoms with Gasteiger partial charge in [-0.25, -0.2) is 0 Å². The summed E-state index contributed by atoms with van der Waals surface area (Å²) in [6.45, 7) is 1.85. The number of amides is 1. The Morgan fingerprint density at radius 1 is 1.30 bits per heavy atom. The summed E-state index contributed by atoms with van der Waals surface area (Å²) < 4.78 is 0. The van der Waals surface area contributed by atoms with Crippen molar-refractivity contribution in [2.75, 3.05) is 5.32 Å². The van der Waals surface area contributed by atoms with Gasteiger partial charge in [-0.3, -0.25) is 9.78 Å². The number of carbonyl (C=O) groups is 1. The fourth-order valence-electron chi connectivity index (χ4n) is 1.98. The number of nitrogens with one attached hydrogen (secondary N) is 1. The lowest BCUT2D eigenvalue weighted by Crippen LogP contribution is -2.12. The maximum atomic E-state index is 11.8. The van der Waals surface area contributed by atoms with Crippen molar-refractivity contribution in [2.45, 2.75) is 26.2 Å². The summed E-state index contributed by atoms with van der Waals surface area (Å²) in [7, 11) is 0. The number of pyridine rings is 1. The third-order valence-electron chi connectivity index (χ3n) is 3.05. The quantitative estimate of drug-likeness (QED) is 0.821. The number of aryl methyl sites for hydroxylation is 2. The first-order valence-electron chi connectivity index (χ1n) is 6.64. The van der Waals surface area contributed by atoms with Crippen LogP contribution in [0.4, 0.5) is 5.69 Å². The molecule has 0 fully saturated rings. The molecule has 0 aliphatic heterocycles. The Morgan fingerprint density at radius 3 is 2.85 bits per heavy atom. The number of aromatic nitrogens is 1. The highest BCUT2D eigenvalue weighted by Gasteiger charge is 2.05. The summed E-state index contributed by atoms with van der Waals surface area (Å²) in [6.07, 6.45) is 3.77. The van der Waals surface area contributed by atoms with Crippen LogP contribution in [0.2, 0.25) is 0 Å². The summed E-state index contributed by atoms with van der Waals surface area (Å²) in [6, 6.07) is 10.7. The molecule has 0 aliphatic carbocycles. The molecule has 4 nitrogen and oxygen atoms in total. The SMILES string of the molecule is Cc1cc(O)ccc1NC(=O)CCCc1ccccn1. The van der Waals surface area contributed by atoms with Gasteiger partial charge in [-0.05, 0) is 55.7 Å². The Morgan fingerprint density at radius 2 is 2.15 bits per heavy atom. The maximum Gasteiger partial charge on any atom is 0.224 e. The van der Waals surface area contributed by atoms with Gasteiger partial charge in [0, 0.05) is 24.0 Å². The molecule has 2 rings (SSSR count). The summed E-state index contributed by atoms with van der Waals surface area (Å²) in [5, 5.41) is 12.2. The normalized spacial score (nSPS) is 10.2. The van der Waals surface area contributed by atoms with Crippen LogP contribution < -0.4 is 5.32 Å². The number of carbonyl (C=O) groups excluding carboxylic acids is 1. The van der Waals surface area contributed by atoms with Crippen molar-refractivity contribution in [3.63, 3.8) is 0 Å². The van der Waals surface area contributed by atoms with E-state index >= 15 is 0 Å². The predicted octanol–water partition coefficient (Wildman–Crippen LogP) is 3.06. The van der Waals surface area contributed by atoms with Gasteiger partial charge in [-0.1, -0.05) is 6.07 Å². The fourth-order valence-corrected chi connectivity index (χ4v) is 1.98. The molecule has 1 amide bonds. The molecule has 0 saturated heterocycles. The van der Waals surface area contributed by atoms with Gasteiger partial charge in [0.2, 0.25) is 5.91 Å². The Labute approximate surface area is 118 Å². The highest BCUT2D eigenvalue weighted by atomic mass is 16.3. The van der Waals surface area contributed by atoms with E-state index < -0.39 is 0 Å². The van der Waals surface area contributed by atoms with E-state index in [2.05, 4.69) is 10.3 Å². The number of nitrogens with zero attached hydrogens (tertiary/aromatic N) is 1. The molecule has 0 bridgehead atoms. The van der Waals surface area contributed by atoms with Gasteiger partial charge >= 0.3 is 0 Å². The number of rotatable bonds is 5. The van der Waals surface area contributed by atoms with E-state index in [0.29, 0.717) is 6.42 Å². The predicted molar refractivity (Wildman–Crippen MR) is 78.6 cm³/mol. The van der Waals surface area contributed by atoms with E-state index in [9.17, 15) is 9.90 Å². The van der Waals surface area contributed by atoms with Crippen LogP contribution >= 0.6 is 0 Å². The molecule has 2 aromatic rings. The van der Waals surface area contributed by atoms with Gasteiger partial charge in [0.1, 0.15) is 5.75 Å². The summed E-state index contributed by atoms with van der Waals surface area (Å²) in [5.74, 6) is 0.186. The molecule has 4 heteroatoms. The molecular weight excluding hydrogens is 252 g/mol. The van der Waals surface area contributed by atoms with Crippen LogP contribution in [0.3, 0.4) is 0 Å². The molecule has 1 aromatic carbocycles. The first kappa shape index (κ1) is 14.1. The largest absolute Gasteiger partial charge is 0.508 e. The molecule has 104 valence electrons. The van der Waals surface area contributed by atoms with Crippen molar-refractivity contribution < 1.29 is 9.90 Å². The van der Waals surface area contributed by atoms with Crippen LogP contribution in [-0.4, -0.2) is 16.0 Å². The number of hydrogen-bond donors (Lipinski definition) is 2. The second-order valence-corrected chi connectivity index (χ2v) is 4.72. The number of aromatic hydroxyl groups is 1. The third-order valence-corrected chi connectivity index (χ3v) is 3.05. The minimum absolute atomic E-state index is 0.0188. The van der Waals surface area contributed by atoms with Gasteiger partial charge in [0.05, 0.1) is 0 Å². The van der Waals surface area contributed by atoms with Crippen LogP contribution in [0.15, 0.2) is 42.6 Å². The van der Waals surface area contributed by atoms with Crippen molar-refractivity contribution in [3.8, 4) is 5.75 Å². The smallest absolute Gasteiger partial charge is 0.224 e. The summed E-state index contributed by atoms with van der Waals surface area (Å²) in [4.78, 5) is 16.1. The lowest BCUT2D eigenvalue weighted by Gasteiger charge is -2.08. The lowest BCUT2D eigenvalue weighted by molar-refractivity contribution is -0.116. The molecule has 1 aromatic heterocycles. The van der Waals surface area contributed by atoms with E-state index in [1.165, 1.54) is 0 Å². The number of hydrogen-bond acceptors (Lipinski definition) is 3. The maximum absolute atomic E-state index is 11.8. The minimum Gasteiger partial charge on any atom is -0.508 e. The molecule has 0 atom stereocenters. The van der Waals surface area contributed by atoms with E-state index in [4.69, 9.17) is 0 Å². The van der Waals surface area contributed by atoms with Gasteiger partial charge in [-0.15, -0.1) is 0 Å². The third kappa shape index (κ3) is 4.09. The number of phenolic OH excluding ortho intramolecular Hbond substituents is 1.